The Labute approximate surface area is 117 Å². The number of benzene rings is 1. The molecule has 0 radical (unpaired) electrons. The summed E-state index contributed by atoms with van der Waals surface area (Å²) in [6, 6.07) is 5.15. The number of hydrogen-bond acceptors (Lipinski definition) is 2. The fourth-order valence-electron chi connectivity index (χ4n) is 2.19. The van der Waals surface area contributed by atoms with Crippen molar-refractivity contribution in [2.75, 3.05) is 20.1 Å². The number of carbonyl (C=O) groups excluding carboxylic acids is 1. The first-order valence-electron chi connectivity index (χ1n) is 6.00. The summed E-state index contributed by atoms with van der Waals surface area (Å²) in [4.78, 5) is 14.3. The highest BCUT2D eigenvalue weighted by Crippen LogP contribution is 2.22. The van der Waals surface area contributed by atoms with Gasteiger partial charge in [0.25, 0.3) is 5.91 Å². The zero-order chi connectivity index (χ0) is 13.1. The minimum atomic E-state index is -0.0890. The summed E-state index contributed by atoms with van der Waals surface area (Å²) in [7, 11) is 2.07. The fraction of sp³-hybridized carbons (Fsp3) is 0.462. The van der Waals surface area contributed by atoms with E-state index in [0.717, 1.165) is 25.9 Å². The average Bonchev–Trinajstić information content (AvgIpc) is 2.32. The van der Waals surface area contributed by atoms with Crippen LogP contribution in [0.2, 0.25) is 10.0 Å². The number of hydrogen-bond donors (Lipinski definition) is 1. The number of likely N-dealkylation sites (tertiary alicyclic amines) is 1. The van der Waals surface area contributed by atoms with Crippen molar-refractivity contribution in [1.29, 1.82) is 0 Å². The van der Waals surface area contributed by atoms with Crippen LogP contribution in [0.5, 0.6) is 0 Å². The Bertz CT molecular complexity index is 451. The number of halogens is 2. The maximum Gasteiger partial charge on any atom is 0.251 e. The monoisotopic (exact) mass is 286 g/mol. The average molecular weight is 287 g/mol. The highest BCUT2D eigenvalue weighted by Gasteiger charge is 2.19. The molecule has 3 nitrogen and oxygen atoms in total. The molecule has 0 spiro atoms. The SMILES string of the molecule is CN1CCC[C@@H](NC(=O)c2ccc(Cl)c(Cl)c2)C1. The minimum absolute atomic E-state index is 0.0890. The Balaban J connectivity index is 2.00. The number of piperidine rings is 1. The molecule has 0 bridgehead atoms. The van der Waals surface area contributed by atoms with Gasteiger partial charge in [0.2, 0.25) is 0 Å². The van der Waals surface area contributed by atoms with E-state index in [-0.39, 0.29) is 11.9 Å². The second-order valence-corrected chi connectivity index (χ2v) is 5.52. The Morgan fingerprint density at radius 2 is 2.17 bits per heavy atom. The molecule has 0 saturated carbocycles. The molecular formula is C13H16Cl2N2O. The number of nitrogens with one attached hydrogen (secondary N) is 1. The van der Waals surface area contributed by atoms with Gasteiger partial charge in [-0.1, -0.05) is 23.2 Å². The summed E-state index contributed by atoms with van der Waals surface area (Å²) in [5, 5.41) is 3.90. The first-order chi connectivity index (χ1) is 8.56. The maximum atomic E-state index is 12.1. The topological polar surface area (TPSA) is 32.3 Å². The van der Waals surface area contributed by atoms with Crippen LogP contribution in [0.25, 0.3) is 0 Å². The Kier molecular flexibility index (Phi) is 4.49. The molecular weight excluding hydrogens is 271 g/mol. The number of rotatable bonds is 2. The van der Waals surface area contributed by atoms with Crippen molar-refractivity contribution in [1.82, 2.24) is 10.2 Å². The number of carbonyl (C=O) groups is 1. The van der Waals surface area contributed by atoms with E-state index in [9.17, 15) is 4.79 Å². The second-order valence-electron chi connectivity index (χ2n) is 4.70. The summed E-state index contributed by atoms with van der Waals surface area (Å²) >= 11 is 11.7. The molecule has 2 rings (SSSR count). The van der Waals surface area contributed by atoms with Crippen molar-refractivity contribution in [3.8, 4) is 0 Å². The predicted octanol–water partition coefficient (Wildman–Crippen LogP) is 2.82. The third-order valence-corrected chi connectivity index (χ3v) is 3.88. The molecule has 1 heterocycles. The molecule has 1 aliphatic rings. The largest absolute Gasteiger partial charge is 0.348 e. The van der Waals surface area contributed by atoms with Crippen LogP contribution in [0.3, 0.4) is 0 Å². The molecule has 18 heavy (non-hydrogen) atoms. The fourth-order valence-corrected chi connectivity index (χ4v) is 2.49. The van der Waals surface area contributed by atoms with Crippen molar-refractivity contribution >= 4 is 29.1 Å². The van der Waals surface area contributed by atoms with Gasteiger partial charge in [0.1, 0.15) is 0 Å². The van der Waals surface area contributed by atoms with Gasteiger partial charge in [-0.2, -0.15) is 0 Å². The molecule has 1 saturated heterocycles. The van der Waals surface area contributed by atoms with Gasteiger partial charge in [0, 0.05) is 18.2 Å². The Morgan fingerprint density at radius 3 is 2.83 bits per heavy atom. The molecule has 0 aromatic heterocycles. The zero-order valence-corrected chi connectivity index (χ0v) is 11.8. The first kappa shape index (κ1) is 13.7. The highest BCUT2D eigenvalue weighted by molar-refractivity contribution is 6.42. The van der Waals surface area contributed by atoms with Crippen LogP contribution < -0.4 is 5.32 Å². The second kappa shape index (κ2) is 5.91. The molecule has 1 fully saturated rings. The van der Waals surface area contributed by atoms with Gasteiger partial charge >= 0.3 is 0 Å². The summed E-state index contributed by atoms with van der Waals surface area (Å²) < 4.78 is 0. The van der Waals surface area contributed by atoms with Gasteiger partial charge in [-0.15, -0.1) is 0 Å². The number of amides is 1. The van der Waals surface area contributed by atoms with Crippen LogP contribution >= 0.6 is 23.2 Å². The molecule has 0 unspecified atom stereocenters. The van der Waals surface area contributed by atoms with Gasteiger partial charge in [-0.05, 0) is 44.6 Å². The maximum absolute atomic E-state index is 12.1. The molecule has 98 valence electrons. The van der Waals surface area contributed by atoms with E-state index in [4.69, 9.17) is 23.2 Å². The molecule has 5 heteroatoms. The molecule has 1 amide bonds. The van der Waals surface area contributed by atoms with Gasteiger partial charge in [0.15, 0.2) is 0 Å². The summed E-state index contributed by atoms with van der Waals surface area (Å²) in [6.45, 7) is 1.99. The van der Waals surface area contributed by atoms with Crippen molar-refractivity contribution < 1.29 is 4.79 Å². The van der Waals surface area contributed by atoms with Crippen LogP contribution in [0.1, 0.15) is 23.2 Å². The number of likely N-dealkylation sites (N-methyl/N-ethyl adjacent to an activating group) is 1. The van der Waals surface area contributed by atoms with Crippen molar-refractivity contribution in [3.05, 3.63) is 33.8 Å². The lowest BCUT2D eigenvalue weighted by Gasteiger charge is -2.30. The van der Waals surface area contributed by atoms with E-state index < -0.39 is 0 Å². The number of nitrogens with zero attached hydrogens (tertiary/aromatic N) is 1. The van der Waals surface area contributed by atoms with Crippen LogP contribution in [0, 0.1) is 0 Å². The van der Waals surface area contributed by atoms with E-state index in [0.29, 0.717) is 15.6 Å². The quantitative estimate of drug-likeness (QED) is 0.907. The van der Waals surface area contributed by atoms with Gasteiger partial charge in [-0.25, -0.2) is 0 Å². The van der Waals surface area contributed by atoms with Gasteiger partial charge < -0.3 is 10.2 Å². The van der Waals surface area contributed by atoms with E-state index >= 15 is 0 Å². The lowest BCUT2D eigenvalue weighted by Crippen LogP contribution is -2.46. The van der Waals surface area contributed by atoms with E-state index in [1.807, 2.05) is 0 Å². The summed E-state index contributed by atoms with van der Waals surface area (Å²) in [6.07, 6.45) is 2.14. The van der Waals surface area contributed by atoms with Crippen molar-refractivity contribution in [2.24, 2.45) is 0 Å². The van der Waals surface area contributed by atoms with E-state index in [1.165, 1.54) is 0 Å². The molecule has 1 N–H and O–H groups in total. The molecule has 1 aromatic carbocycles. The molecule has 0 aliphatic carbocycles. The van der Waals surface area contributed by atoms with Crippen LogP contribution in [-0.4, -0.2) is 37.0 Å². The molecule has 1 atom stereocenters. The van der Waals surface area contributed by atoms with Crippen molar-refractivity contribution in [2.45, 2.75) is 18.9 Å². The smallest absolute Gasteiger partial charge is 0.251 e. The Morgan fingerprint density at radius 1 is 1.39 bits per heavy atom. The van der Waals surface area contributed by atoms with Gasteiger partial charge in [-0.3, -0.25) is 4.79 Å². The van der Waals surface area contributed by atoms with Gasteiger partial charge in [0.05, 0.1) is 10.0 Å². The Hall–Kier alpha value is -0.770. The van der Waals surface area contributed by atoms with Crippen LogP contribution in [0.15, 0.2) is 18.2 Å². The van der Waals surface area contributed by atoms with E-state index in [1.54, 1.807) is 18.2 Å². The zero-order valence-electron chi connectivity index (χ0n) is 10.2. The summed E-state index contributed by atoms with van der Waals surface area (Å²) in [5.41, 5.74) is 0.553. The molecule has 1 aromatic rings. The first-order valence-corrected chi connectivity index (χ1v) is 6.76. The van der Waals surface area contributed by atoms with Crippen LogP contribution in [-0.2, 0) is 0 Å². The lowest BCUT2D eigenvalue weighted by molar-refractivity contribution is 0.0912. The normalized spacial score (nSPS) is 20.7. The summed E-state index contributed by atoms with van der Waals surface area (Å²) in [5.74, 6) is -0.0890. The standard InChI is InChI=1S/C13H16Cl2N2O/c1-17-6-2-3-10(8-17)16-13(18)9-4-5-11(14)12(15)7-9/h4-5,7,10H,2-3,6,8H2,1H3,(H,16,18)/t10-/m1/s1. The minimum Gasteiger partial charge on any atom is -0.348 e. The van der Waals surface area contributed by atoms with Crippen molar-refractivity contribution in [3.63, 3.8) is 0 Å². The third kappa shape index (κ3) is 3.37. The lowest BCUT2D eigenvalue weighted by atomic mass is 10.1. The van der Waals surface area contributed by atoms with E-state index in [2.05, 4.69) is 17.3 Å². The third-order valence-electron chi connectivity index (χ3n) is 3.14. The molecule has 1 aliphatic heterocycles. The highest BCUT2D eigenvalue weighted by atomic mass is 35.5. The van der Waals surface area contributed by atoms with Crippen LogP contribution in [0.4, 0.5) is 0 Å². The predicted molar refractivity (Wildman–Crippen MR) is 74.4 cm³/mol.